The summed E-state index contributed by atoms with van der Waals surface area (Å²) < 4.78 is 5.95. The minimum Gasteiger partial charge on any atom is -0.508 e. The fourth-order valence-electron chi connectivity index (χ4n) is 3.26. The monoisotopic (exact) mass is 544 g/mol. The lowest BCUT2D eigenvalue weighted by molar-refractivity contribution is 0.103. The number of benzene rings is 4. The molecule has 0 amide bonds. The van der Waals surface area contributed by atoms with Gasteiger partial charge in [-0.1, -0.05) is 87.4 Å². The van der Waals surface area contributed by atoms with Crippen molar-refractivity contribution in [3.8, 4) is 17.2 Å². The fourth-order valence-corrected chi connectivity index (χ4v) is 5.19. The summed E-state index contributed by atoms with van der Waals surface area (Å²) in [5.74, 6) is 2.51. The van der Waals surface area contributed by atoms with Crippen LogP contribution in [0.15, 0.2) is 107 Å². The number of phenols is 1. The molecule has 3 nitrogen and oxygen atoms in total. The Hall–Kier alpha value is -3.15. The third-order valence-electron chi connectivity index (χ3n) is 5.26. The first-order chi connectivity index (χ1) is 18.0. The summed E-state index contributed by atoms with van der Waals surface area (Å²) in [6.45, 7) is 13.0. The topological polar surface area (TPSA) is 46.5 Å². The van der Waals surface area contributed by atoms with Gasteiger partial charge in [-0.05, 0) is 89.7 Å². The molecule has 0 radical (unpaired) electrons. The van der Waals surface area contributed by atoms with Gasteiger partial charge in [-0.3, -0.25) is 4.79 Å². The van der Waals surface area contributed by atoms with Gasteiger partial charge >= 0.3 is 0 Å². The van der Waals surface area contributed by atoms with Crippen LogP contribution in [0.3, 0.4) is 0 Å². The van der Waals surface area contributed by atoms with Crippen molar-refractivity contribution < 1.29 is 14.6 Å². The number of rotatable bonds is 7. The molecule has 0 aliphatic carbocycles. The fraction of sp³-hybridized carbons (Fsp3) is 0.242. The van der Waals surface area contributed by atoms with Crippen LogP contribution in [0.2, 0.25) is 0 Å². The van der Waals surface area contributed by atoms with Gasteiger partial charge in [0.05, 0.1) is 0 Å². The minimum absolute atomic E-state index is 0.000449. The Morgan fingerprint density at radius 3 is 1.45 bits per heavy atom. The number of hydrogen-bond donors (Lipinski definition) is 1. The lowest BCUT2D eigenvalue weighted by atomic mass is 9.86. The molecule has 4 aromatic carbocycles. The summed E-state index contributed by atoms with van der Waals surface area (Å²) in [7, 11) is 3.27. The average molecular weight is 545 g/mol. The zero-order valence-electron chi connectivity index (χ0n) is 22.9. The van der Waals surface area contributed by atoms with Crippen molar-refractivity contribution in [2.45, 2.75) is 56.7 Å². The molecule has 0 saturated heterocycles. The van der Waals surface area contributed by atoms with Gasteiger partial charge in [0.1, 0.15) is 17.2 Å². The Bertz CT molecular complexity index is 1280. The highest BCUT2D eigenvalue weighted by Gasteiger charge is 2.15. The summed E-state index contributed by atoms with van der Waals surface area (Å²) in [4.78, 5) is 15.0. The van der Waals surface area contributed by atoms with Crippen LogP contribution in [0.4, 0.5) is 0 Å². The number of carbonyl (C=O) groups excluding carboxylic acids is 1. The molecular formula is C33H36O3S2. The van der Waals surface area contributed by atoms with Gasteiger partial charge in [0.25, 0.3) is 0 Å². The molecule has 0 saturated carbocycles. The van der Waals surface area contributed by atoms with E-state index in [0.29, 0.717) is 16.9 Å². The maximum absolute atomic E-state index is 12.8. The third-order valence-corrected chi connectivity index (χ3v) is 7.68. The highest BCUT2D eigenvalue weighted by atomic mass is 33.1. The molecule has 198 valence electrons. The number of carbonyl (C=O) groups is 1. The zero-order chi connectivity index (χ0) is 27.7. The van der Waals surface area contributed by atoms with Crippen molar-refractivity contribution >= 4 is 27.4 Å². The molecule has 0 unspecified atom stereocenters. The van der Waals surface area contributed by atoms with Gasteiger partial charge in [0.15, 0.2) is 5.78 Å². The van der Waals surface area contributed by atoms with Crippen LogP contribution in [-0.4, -0.2) is 10.9 Å². The Morgan fingerprint density at radius 1 is 0.658 bits per heavy atom. The highest BCUT2D eigenvalue weighted by molar-refractivity contribution is 8.76. The minimum atomic E-state index is -0.000449. The van der Waals surface area contributed by atoms with Gasteiger partial charge in [-0.25, -0.2) is 0 Å². The molecule has 0 aliphatic heterocycles. The van der Waals surface area contributed by atoms with E-state index in [1.807, 2.05) is 72.8 Å². The molecule has 38 heavy (non-hydrogen) atoms. The normalized spacial score (nSPS) is 11.0. The van der Waals surface area contributed by atoms with E-state index in [1.54, 1.807) is 45.9 Å². The molecule has 4 aromatic rings. The molecule has 4 rings (SSSR count). The van der Waals surface area contributed by atoms with E-state index in [9.17, 15) is 9.90 Å². The standard InChI is InChI=1S/C29H26O3S2.C4H10/c1-29(2,3)22-8-4-20(5-9-22)28(31)21-6-12-24(13-7-21)32-25-14-18-27(19-15-25)34-33-26-16-10-23(30)11-17-26;1-4(2)3/h4-19,30H,1-3H3;4H,1-3H3. The van der Waals surface area contributed by atoms with E-state index < -0.39 is 0 Å². The number of aromatic hydroxyl groups is 1. The van der Waals surface area contributed by atoms with E-state index in [0.717, 1.165) is 21.5 Å². The SMILES string of the molecule is CC(C)(C)c1ccc(C(=O)c2ccc(Oc3ccc(SSc4ccc(O)cc4)cc3)cc2)cc1.CC(C)C. The second-order valence-corrected chi connectivity index (χ2v) is 12.9. The summed E-state index contributed by atoms with van der Waals surface area (Å²) in [5.41, 5.74) is 2.58. The largest absolute Gasteiger partial charge is 0.508 e. The van der Waals surface area contributed by atoms with Crippen LogP contribution in [0.1, 0.15) is 63.0 Å². The van der Waals surface area contributed by atoms with Crippen molar-refractivity contribution in [3.63, 3.8) is 0 Å². The first-order valence-electron chi connectivity index (χ1n) is 12.7. The predicted octanol–water partition coefficient (Wildman–Crippen LogP) is 10.2. The molecule has 0 heterocycles. The number of hydrogen-bond acceptors (Lipinski definition) is 5. The first kappa shape index (κ1) is 29.4. The number of phenolic OH excluding ortho intramolecular Hbond substituents is 1. The average Bonchev–Trinajstić information content (AvgIpc) is 2.88. The van der Waals surface area contributed by atoms with Gasteiger partial charge < -0.3 is 9.84 Å². The van der Waals surface area contributed by atoms with Crippen LogP contribution in [0.25, 0.3) is 0 Å². The van der Waals surface area contributed by atoms with Crippen LogP contribution < -0.4 is 4.74 Å². The van der Waals surface area contributed by atoms with E-state index in [1.165, 1.54) is 5.56 Å². The van der Waals surface area contributed by atoms with Crippen LogP contribution in [0, 0.1) is 5.92 Å². The Morgan fingerprint density at radius 2 is 1.03 bits per heavy atom. The Balaban J connectivity index is 0.000000934. The van der Waals surface area contributed by atoms with E-state index in [2.05, 4.69) is 41.5 Å². The van der Waals surface area contributed by atoms with Crippen molar-refractivity contribution in [2.75, 3.05) is 0 Å². The van der Waals surface area contributed by atoms with Crippen molar-refractivity contribution in [2.24, 2.45) is 5.92 Å². The third kappa shape index (κ3) is 9.30. The van der Waals surface area contributed by atoms with Gasteiger partial charge in [-0.2, -0.15) is 0 Å². The van der Waals surface area contributed by atoms with Gasteiger partial charge in [0.2, 0.25) is 0 Å². The lowest BCUT2D eigenvalue weighted by Gasteiger charge is -2.19. The van der Waals surface area contributed by atoms with Crippen LogP contribution in [-0.2, 0) is 5.41 Å². The summed E-state index contributed by atoms with van der Waals surface area (Å²) in [6.07, 6.45) is 0. The number of ketones is 1. The maximum atomic E-state index is 12.8. The van der Waals surface area contributed by atoms with Crippen LogP contribution >= 0.6 is 21.6 Å². The summed E-state index contributed by atoms with van der Waals surface area (Å²) >= 11 is 0. The molecule has 0 aromatic heterocycles. The predicted molar refractivity (Wildman–Crippen MR) is 162 cm³/mol. The van der Waals surface area contributed by atoms with Gasteiger partial charge in [-0.15, -0.1) is 0 Å². The first-order valence-corrected chi connectivity index (χ1v) is 14.8. The smallest absolute Gasteiger partial charge is 0.193 e. The van der Waals surface area contributed by atoms with E-state index in [4.69, 9.17) is 4.74 Å². The Labute approximate surface area is 235 Å². The molecule has 0 aliphatic rings. The van der Waals surface area contributed by atoms with Crippen molar-refractivity contribution in [3.05, 3.63) is 114 Å². The summed E-state index contributed by atoms with van der Waals surface area (Å²) in [5, 5.41) is 9.37. The maximum Gasteiger partial charge on any atom is 0.193 e. The molecule has 5 heteroatoms. The highest BCUT2D eigenvalue weighted by Crippen LogP contribution is 2.38. The molecule has 0 spiro atoms. The quantitative estimate of drug-likeness (QED) is 0.185. The van der Waals surface area contributed by atoms with Gasteiger partial charge in [0, 0.05) is 20.9 Å². The molecular weight excluding hydrogens is 508 g/mol. The van der Waals surface area contributed by atoms with Crippen LogP contribution in [0.5, 0.6) is 17.2 Å². The lowest BCUT2D eigenvalue weighted by Crippen LogP contribution is -2.11. The van der Waals surface area contributed by atoms with E-state index >= 15 is 0 Å². The molecule has 1 N–H and O–H groups in total. The zero-order valence-corrected chi connectivity index (χ0v) is 24.5. The van der Waals surface area contributed by atoms with Crippen molar-refractivity contribution in [1.82, 2.24) is 0 Å². The molecule has 0 atom stereocenters. The van der Waals surface area contributed by atoms with E-state index in [-0.39, 0.29) is 16.9 Å². The summed E-state index contributed by atoms with van der Waals surface area (Å²) in [6, 6.07) is 30.1. The molecule has 0 fully saturated rings. The Kier molecular flexibility index (Phi) is 10.5. The van der Waals surface area contributed by atoms with Crippen molar-refractivity contribution in [1.29, 1.82) is 0 Å². The molecule has 0 bridgehead atoms. The second kappa shape index (κ2) is 13.6. The second-order valence-electron chi connectivity index (χ2n) is 10.6. The number of ether oxygens (including phenoxy) is 1.